The van der Waals surface area contributed by atoms with Crippen molar-refractivity contribution in [2.24, 2.45) is 0 Å². The van der Waals surface area contributed by atoms with Crippen LogP contribution in [-0.2, 0) is 0 Å². The molecule has 0 atom stereocenters. The Morgan fingerprint density at radius 1 is 1.12 bits per heavy atom. The van der Waals surface area contributed by atoms with Gasteiger partial charge in [-0.25, -0.2) is 0 Å². The zero-order chi connectivity index (χ0) is 6.41. The quantitative estimate of drug-likeness (QED) is 0.517. The van der Waals surface area contributed by atoms with Gasteiger partial charge in [0.05, 0.1) is 0 Å². The van der Waals surface area contributed by atoms with Crippen molar-refractivity contribution in [2.45, 2.75) is 26.1 Å². The SMILES string of the molecule is C[CH2][Al][N](CC)CC. The summed E-state index contributed by atoms with van der Waals surface area (Å²) in [6.45, 7) is 9.19. The Morgan fingerprint density at radius 3 is 1.75 bits per heavy atom. The van der Waals surface area contributed by atoms with E-state index in [0.29, 0.717) is 15.4 Å². The Labute approximate surface area is 59.0 Å². The second kappa shape index (κ2) is 5.63. The fourth-order valence-corrected chi connectivity index (χ4v) is 1.77. The van der Waals surface area contributed by atoms with Gasteiger partial charge in [-0.3, -0.25) is 0 Å². The fraction of sp³-hybridized carbons (Fsp3) is 1.00. The average Bonchev–Trinajstić information content (AvgIpc) is 1.83. The van der Waals surface area contributed by atoms with Gasteiger partial charge >= 0.3 is 15.4 Å². The molecule has 0 fully saturated rings. The summed E-state index contributed by atoms with van der Waals surface area (Å²) in [6, 6.07) is 0. The highest BCUT2D eigenvalue weighted by atomic mass is 27.1. The lowest BCUT2D eigenvalue weighted by Crippen LogP contribution is -2.26. The van der Waals surface area contributed by atoms with Gasteiger partial charge in [0.15, 0.2) is 0 Å². The normalized spacial score (nSPS) is 10.0. The van der Waals surface area contributed by atoms with Crippen LogP contribution in [0.2, 0.25) is 5.28 Å². The summed E-state index contributed by atoms with van der Waals surface area (Å²) in [5.41, 5.74) is 0. The van der Waals surface area contributed by atoms with Gasteiger partial charge in [-0.1, -0.05) is 26.1 Å². The van der Waals surface area contributed by atoms with Crippen LogP contribution < -0.4 is 0 Å². The van der Waals surface area contributed by atoms with Crippen LogP contribution in [0.3, 0.4) is 0 Å². The Morgan fingerprint density at radius 2 is 1.62 bits per heavy atom. The van der Waals surface area contributed by atoms with Gasteiger partial charge < -0.3 is 3.88 Å². The molecule has 1 radical (unpaired) electrons. The highest BCUT2D eigenvalue weighted by molar-refractivity contribution is 6.31. The summed E-state index contributed by atoms with van der Waals surface area (Å²) in [7, 11) is 0. The minimum Gasteiger partial charge on any atom is -0.392 e. The standard InChI is InChI=1S/C4H10N.C2H5.Al/c1-3-5-4-2;1-2;/h3-4H2,1-2H3;1H2,2H3;/q-1;;+1. The van der Waals surface area contributed by atoms with Gasteiger partial charge in [0, 0.05) is 0 Å². The van der Waals surface area contributed by atoms with Crippen LogP contribution in [-0.4, -0.2) is 32.4 Å². The summed E-state index contributed by atoms with van der Waals surface area (Å²) in [5.74, 6) is 0. The van der Waals surface area contributed by atoms with Crippen LogP contribution in [0.25, 0.3) is 0 Å². The molecule has 0 aromatic carbocycles. The molecule has 0 bridgehead atoms. The highest BCUT2D eigenvalue weighted by Crippen LogP contribution is 1.85. The summed E-state index contributed by atoms with van der Waals surface area (Å²) in [5, 5.41) is 1.36. The summed E-state index contributed by atoms with van der Waals surface area (Å²) in [6.07, 6.45) is 0. The molecule has 0 aromatic heterocycles. The molecule has 0 unspecified atom stereocenters. The van der Waals surface area contributed by atoms with Crippen LogP contribution in [0.5, 0.6) is 0 Å². The predicted octanol–water partition coefficient (Wildman–Crippen LogP) is 1.39. The summed E-state index contributed by atoms with van der Waals surface area (Å²) < 4.78 is 2.51. The van der Waals surface area contributed by atoms with Crippen molar-refractivity contribution < 1.29 is 0 Å². The molecule has 0 aliphatic heterocycles. The minimum atomic E-state index is 0.604. The lowest BCUT2D eigenvalue weighted by atomic mass is 10.7. The Balaban J connectivity index is 3.07. The van der Waals surface area contributed by atoms with Crippen molar-refractivity contribution in [3.05, 3.63) is 0 Å². The van der Waals surface area contributed by atoms with E-state index in [-0.39, 0.29) is 0 Å². The Bertz CT molecular complexity index is 43.8. The largest absolute Gasteiger partial charge is 0.392 e. The second-order valence-corrected chi connectivity index (χ2v) is 3.72. The first-order valence-corrected chi connectivity index (χ1v) is 4.75. The van der Waals surface area contributed by atoms with E-state index in [2.05, 4.69) is 24.7 Å². The average molecular weight is 128 g/mol. The molecule has 0 spiro atoms. The molecule has 0 aliphatic carbocycles. The maximum Gasteiger partial charge on any atom is 0.322 e. The molecule has 0 N–H and O–H groups in total. The first-order chi connectivity index (χ1) is 3.85. The Kier molecular flexibility index (Phi) is 5.97. The number of hydrogen-bond acceptors (Lipinski definition) is 1. The zero-order valence-electron chi connectivity index (χ0n) is 6.15. The van der Waals surface area contributed by atoms with E-state index < -0.39 is 0 Å². The third-order valence-electron chi connectivity index (χ3n) is 1.25. The summed E-state index contributed by atoms with van der Waals surface area (Å²) >= 11 is 0.604. The van der Waals surface area contributed by atoms with Crippen LogP contribution in [0.1, 0.15) is 20.8 Å². The van der Waals surface area contributed by atoms with E-state index in [4.69, 9.17) is 0 Å². The van der Waals surface area contributed by atoms with E-state index in [9.17, 15) is 0 Å². The number of rotatable bonds is 4. The van der Waals surface area contributed by atoms with Crippen LogP contribution >= 0.6 is 0 Å². The van der Waals surface area contributed by atoms with Crippen molar-refractivity contribution in [1.29, 1.82) is 0 Å². The van der Waals surface area contributed by atoms with E-state index >= 15 is 0 Å². The van der Waals surface area contributed by atoms with Gasteiger partial charge in [-0.2, -0.15) is 0 Å². The van der Waals surface area contributed by atoms with E-state index in [0.717, 1.165) is 0 Å². The molecule has 0 saturated carbocycles. The molecule has 1 nitrogen and oxygen atoms in total. The molecule has 47 valence electrons. The molecule has 0 aromatic rings. The van der Waals surface area contributed by atoms with E-state index in [1.54, 1.807) is 0 Å². The van der Waals surface area contributed by atoms with Gasteiger partial charge in [-0.05, 0) is 13.1 Å². The number of nitrogens with zero attached hydrogens (tertiary/aromatic N) is 1. The monoisotopic (exact) mass is 128 g/mol. The molecular weight excluding hydrogens is 113 g/mol. The molecule has 0 saturated heterocycles. The lowest BCUT2D eigenvalue weighted by molar-refractivity contribution is 0.492. The topological polar surface area (TPSA) is 3.24 Å². The third-order valence-corrected chi connectivity index (χ3v) is 2.86. The summed E-state index contributed by atoms with van der Waals surface area (Å²) in [4.78, 5) is 0. The maximum atomic E-state index is 2.51. The van der Waals surface area contributed by atoms with Gasteiger partial charge in [0.2, 0.25) is 0 Å². The lowest BCUT2D eigenvalue weighted by Gasteiger charge is -2.15. The second-order valence-electron chi connectivity index (χ2n) is 1.81. The first kappa shape index (κ1) is 8.49. The predicted molar refractivity (Wildman–Crippen MR) is 39.2 cm³/mol. The minimum absolute atomic E-state index is 0.604. The van der Waals surface area contributed by atoms with E-state index in [1.165, 1.54) is 18.4 Å². The van der Waals surface area contributed by atoms with Crippen molar-refractivity contribution in [1.82, 2.24) is 3.88 Å². The molecule has 8 heavy (non-hydrogen) atoms. The van der Waals surface area contributed by atoms with Crippen LogP contribution in [0.15, 0.2) is 0 Å². The zero-order valence-corrected chi connectivity index (χ0v) is 7.30. The van der Waals surface area contributed by atoms with Crippen LogP contribution in [0, 0.1) is 0 Å². The van der Waals surface area contributed by atoms with Crippen molar-refractivity contribution in [3.8, 4) is 0 Å². The maximum absolute atomic E-state index is 2.51. The highest BCUT2D eigenvalue weighted by Gasteiger charge is 1.96. The molecule has 0 rings (SSSR count). The van der Waals surface area contributed by atoms with Crippen molar-refractivity contribution >= 4 is 15.4 Å². The molecule has 2 heteroatoms. The van der Waals surface area contributed by atoms with Gasteiger partial charge in [-0.15, -0.1) is 0 Å². The third kappa shape index (κ3) is 3.49. The van der Waals surface area contributed by atoms with Gasteiger partial charge in [0.25, 0.3) is 0 Å². The van der Waals surface area contributed by atoms with E-state index in [1.807, 2.05) is 0 Å². The molecule has 0 aliphatic rings. The molecule has 0 heterocycles. The smallest absolute Gasteiger partial charge is 0.322 e. The fourth-order valence-electron chi connectivity index (χ4n) is 0.740. The van der Waals surface area contributed by atoms with Crippen LogP contribution in [0.4, 0.5) is 0 Å². The molecular formula is C6H15AlN. The van der Waals surface area contributed by atoms with Crippen molar-refractivity contribution in [2.75, 3.05) is 13.1 Å². The Hall–Kier alpha value is 0.492. The molecule has 0 amide bonds. The first-order valence-electron chi connectivity index (χ1n) is 3.42. The van der Waals surface area contributed by atoms with Gasteiger partial charge in [0.1, 0.15) is 0 Å². The van der Waals surface area contributed by atoms with Crippen molar-refractivity contribution in [3.63, 3.8) is 0 Å². The number of hydrogen-bond donors (Lipinski definition) is 0.